The van der Waals surface area contributed by atoms with E-state index in [-0.39, 0.29) is 17.0 Å². The molecule has 1 fully saturated rings. The van der Waals surface area contributed by atoms with Crippen LogP contribution in [0.15, 0.2) is 24.3 Å². The maximum atomic E-state index is 13.0. The highest BCUT2D eigenvalue weighted by Gasteiger charge is 2.53. The van der Waals surface area contributed by atoms with Gasteiger partial charge in [-0.1, -0.05) is 6.07 Å². The van der Waals surface area contributed by atoms with Crippen molar-refractivity contribution < 1.29 is 32.7 Å². The number of amides is 2. The second-order valence-corrected chi connectivity index (χ2v) is 6.08. The van der Waals surface area contributed by atoms with Gasteiger partial charge >= 0.3 is 12.1 Å². The third kappa shape index (κ3) is 3.92. The van der Waals surface area contributed by atoms with E-state index in [4.69, 9.17) is 5.11 Å². The van der Waals surface area contributed by atoms with E-state index in [0.717, 1.165) is 4.90 Å². The minimum Gasteiger partial charge on any atom is -0.481 e. The fourth-order valence-corrected chi connectivity index (χ4v) is 2.78. The number of hydrogen-bond acceptors (Lipinski definition) is 3. The number of carbonyl (C=O) groups is 3. The molecule has 0 aromatic heterocycles. The number of carbonyl (C=O) groups excluding carboxylic acids is 2. The number of nitrogens with zero attached hydrogens (tertiary/aromatic N) is 2. The maximum absolute atomic E-state index is 13.0. The zero-order chi connectivity index (χ0) is 18.9. The third-order valence-corrected chi connectivity index (χ3v) is 4.11. The Labute approximate surface area is 141 Å². The predicted octanol–water partition coefficient (Wildman–Crippen LogP) is 1.72. The molecular weight excluding hydrogens is 341 g/mol. The number of carboxylic acids is 1. The van der Waals surface area contributed by atoms with Crippen molar-refractivity contribution in [1.82, 2.24) is 9.80 Å². The van der Waals surface area contributed by atoms with E-state index in [2.05, 4.69) is 0 Å². The van der Waals surface area contributed by atoms with E-state index < -0.39 is 43.0 Å². The fraction of sp³-hybridized carbons (Fsp3) is 0.438. The first kappa shape index (κ1) is 18.8. The minimum atomic E-state index is -4.71. The zero-order valence-corrected chi connectivity index (χ0v) is 13.6. The molecular formula is C16H17F3N2O4. The Morgan fingerprint density at radius 3 is 2.24 bits per heavy atom. The molecule has 9 heteroatoms. The summed E-state index contributed by atoms with van der Waals surface area (Å²) in [5.41, 5.74) is 0.261. The Morgan fingerprint density at radius 2 is 1.76 bits per heavy atom. The van der Waals surface area contributed by atoms with Crippen LogP contribution in [0.2, 0.25) is 0 Å². The van der Waals surface area contributed by atoms with Gasteiger partial charge in [0.15, 0.2) is 0 Å². The fourth-order valence-electron chi connectivity index (χ4n) is 2.78. The van der Waals surface area contributed by atoms with Crippen molar-refractivity contribution in [3.63, 3.8) is 0 Å². The second-order valence-electron chi connectivity index (χ2n) is 6.08. The second kappa shape index (κ2) is 6.73. The lowest BCUT2D eigenvalue weighted by Gasteiger charge is -2.18. The van der Waals surface area contributed by atoms with Gasteiger partial charge in [0.1, 0.15) is 0 Å². The summed E-state index contributed by atoms with van der Waals surface area (Å²) in [4.78, 5) is 37.7. The van der Waals surface area contributed by atoms with Gasteiger partial charge in [-0.3, -0.25) is 14.4 Å². The smallest absolute Gasteiger partial charge is 0.394 e. The average Bonchev–Trinajstić information content (AvgIpc) is 2.99. The molecule has 1 aliphatic rings. The van der Waals surface area contributed by atoms with Crippen LogP contribution in [0.1, 0.15) is 20.7 Å². The van der Waals surface area contributed by atoms with Gasteiger partial charge in [0.25, 0.3) is 11.8 Å². The maximum Gasteiger partial charge on any atom is 0.394 e. The van der Waals surface area contributed by atoms with Crippen molar-refractivity contribution in [3.8, 4) is 0 Å². The number of aliphatic carboxylic acids is 1. The van der Waals surface area contributed by atoms with E-state index in [1.807, 2.05) is 0 Å². The van der Waals surface area contributed by atoms with E-state index in [9.17, 15) is 27.6 Å². The van der Waals surface area contributed by atoms with Gasteiger partial charge in [0.2, 0.25) is 0 Å². The molecule has 6 nitrogen and oxygen atoms in total. The van der Waals surface area contributed by atoms with Crippen LogP contribution in [-0.4, -0.2) is 66.1 Å². The van der Waals surface area contributed by atoms with Gasteiger partial charge in [-0.25, -0.2) is 0 Å². The first-order valence-electron chi connectivity index (χ1n) is 7.43. The highest BCUT2D eigenvalue weighted by molar-refractivity contribution is 5.99. The van der Waals surface area contributed by atoms with Crippen LogP contribution in [0.5, 0.6) is 0 Å². The predicted molar refractivity (Wildman–Crippen MR) is 81.0 cm³/mol. The van der Waals surface area contributed by atoms with Crippen LogP contribution in [0.25, 0.3) is 0 Å². The molecule has 1 N–H and O–H groups in total. The van der Waals surface area contributed by atoms with Gasteiger partial charge in [0, 0.05) is 38.3 Å². The standard InChI is InChI=1S/C16H17F3N2O4/c1-20(2)13(22)9-4-3-5-10(6-9)14(23)21-7-11(15(24)25)12(8-21)16(17,18)19/h3-6,11-12H,7-8H2,1-2H3,(H,24,25)/t11-,12-/m1/s1. The van der Waals surface area contributed by atoms with Gasteiger partial charge in [-0.2, -0.15) is 13.2 Å². The molecule has 0 saturated carbocycles. The Balaban J connectivity index is 2.25. The highest BCUT2D eigenvalue weighted by Crippen LogP contribution is 2.38. The molecule has 1 saturated heterocycles. The quantitative estimate of drug-likeness (QED) is 0.893. The summed E-state index contributed by atoms with van der Waals surface area (Å²) in [6.45, 7) is -1.24. The Bertz CT molecular complexity index is 703. The van der Waals surface area contributed by atoms with Crippen LogP contribution >= 0.6 is 0 Å². The van der Waals surface area contributed by atoms with Crippen LogP contribution in [0, 0.1) is 11.8 Å². The van der Waals surface area contributed by atoms with Crippen LogP contribution in [-0.2, 0) is 4.79 Å². The number of alkyl halides is 3. The molecule has 1 aromatic rings. The molecule has 0 unspecified atom stereocenters. The number of carboxylic acid groups (broad SMARTS) is 1. The van der Waals surface area contributed by atoms with Crippen molar-refractivity contribution in [2.45, 2.75) is 6.18 Å². The van der Waals surface area contributed by atoms with Crippen LogP contribution in [0.4, 0.5) is 13.2 Å². The monoisotopic (exact) mass is 358 g/mol. The van der Waals surface area contributed by atoms with Gasteiger partial charge < -0.3 is 14.9 Å². The number of benzene rings is 1. The summed E-state index contributed by atoms with van der Waals surface area (Å²) in [6.07, 6.45) is -4.71. The molecule has 0 spiro atoms. The number of hydrogen-bond donors (Lipinski definition) is 1. The molecule has 1 heterocycles. The lowest BCUT2D eigenvalue weighted by Crippen LogP contribution is -2.34. The zero-order valence-electron chi connectivity index (χ0n) is 13.6. The van der Waals surface area contributed by atoms with Gasteiger partial charge in [0.05, 0.1) is 11.8 Å². The molecule has 2 amide bonds. The Hall–Kier alpha value is -2.58. The summed E-state index contributed by atoms with van der Waals surface area (Å²) in [7, 11) is 3.06. The molecule has 136 valence electrons. The topological polar surface area (TPSA) is 77.9 Å². The Morgan fingerprint density at radius 1 is 1.16 bits per heavy atom. The van der Waals surface area contributed by atoms with Gasteiger partial charge in [-0.15, -0.1) is 0 Å². The minimum absolute atomic E-state index is 0.0414. The van der Waals surface area contributed by atoms with E-state index in [1.54, 1.807) is 0 Å². The number of likely N-dealkylation sites (tertiary alicyclic amines) is 1. The van der Waals surface area contributed by atoms with E-state index in [0.29, 0.717) is 0 Å². The average molecular weight is 358 g/mol. The third-order valence-electron chi connectivity index (χ3n) is 4.11. The normalized spacial score (nSPS) is 20.4. The summed E-state index contributed by atoms with van der Waals surface area (Å²) < 4.78 is 39.1. The SMILES string of the molecule is CN(C)C(=O)c1cccc(C(=O)N2C[C@@H](C(F)(F)F)[C@H](C(=O)O)C2)c1. The highest BCUT2D eigenvalue weighted by atomic mass is 19.4. The van der Waals surface area contributed by atoms with E-state index in [1.165, 1.54) is 43.3 Å². The van der Waals surface area contributed by atoms with Crippen molar-refractivity contribution in [3.05, 3.63) is 35.4 Å². The van der Waals surface area contributed by atoms with Crippen molar-refractivity contribution in [2.75, 3.05) is 27.2 Å². The summed E-state index contributed by atoms with van der Waals surface area (Å²) in [5.74, 6) is -6.48. The van der Waals surface area contributed by atoms with Gasteiger partial charge in [-0.05, 0) is 18.2 Å². The lowest BCUT2D eigenvalue weighted by atomic mass is 9.96. The van der Waals surface area contributed by atoms with Crippen molar-refractivity contribution in [2.24, 2.45) is 11.8 Å². The molecule has 2 rings (SSSR count). The first-order chi connectivity index (χ1) is 11.5. The number of halogens is 3. The molecule has 1 aliphatic heterocycles. The summed E-state index contributed by atoms with van der Waals surface area (Å²) in [5, 5.41) is 9.01. The Kier molecular flexibility index (Phi) is 5.05. The molecule has 0 radical (unpaired) electrons. The van der Waals surface area contributed by atoms with E-state index >= 15 is 0 Å². The number of rotatable bonds is 3. The lowest BCUT2D eigenvalue weighted by molar-refractivity contribution is -0.187. The molecule has 0 bridgehead atoms. The molecule has 25 heavy (non-hydrogen) atoms. The van der Waals surface area contributed by atoms with Crippen LogP contribution in [0.3, 0.4) is 0 Å². The summed E-state index contributed by atoms with van der Waals surface area (Å²) in [6, 6.07) is 5.62. The molecule has 0 aliphatic carbocycles. The molecule has 1 aromatic carbocycles. The first-order valence-corrected chi connectivity index (χ1v) is 7.43. The molecule has 2 atom stereocenters. The largest absolute Gasteiger partial charge is 0.481 e. The van der Waals surface area contributed by atoms with Crippen molar-refractivity contribution in [1.29, 1.82) is 0 Å². The summed E-state index contributed by atoms with van der Waals surface area (Å²) >= 11 is 0. The van der Waals surface area contributed by atoms with Crippen molar-refractivity contribution >= 4 is 17.8 Å². The van der Waals surface area contributed by atoms with Crippen LogP contribution < -0.4 is 0 Å².